The highest BCUT2D eigenvalue weighted by atomic mass is 15.2. The maximum atomic E-state index is 5.54. The summed E-state index contributed by atoms with van der Waals surface area (Å²) in [6.45, 7) is 0. The lowest BCUT2D eigenvalue weighted by Gasteiger charge is -2.34. The second-order valence-electron chi connectivity index (χ2n) is 16.7. The van der Waals surface area contributed by atoms with Gasteiger partial charge < -0.3 is 0 Å². The minimum absolute atomic E-state index is 0.551. The third kappa shape index (κ3) is 5.71. The summed E-state index contributed by atoms with van der Waals surface area (Å²) in [6, 6.07) is 80.9. The Morgan fingerprint density at radius 2 is 0.864 bits per heavy atom. The highest BCUT2D eigenvalue weighted by Gasteiger charge is 2.48. The molecule has 3 heterocycles. The molecule has 0 aliphatic heterocycles. The van der Waals surface area contributed by atoms with Crippen LogP contribution in [0.5, 0.6) is 0 Å². The molecule has 0 fully saturated rings. The molecule has 3 aromatic heterocycles. The average Bonchev–Trinajstić information content (AvgIpc) is 3.90. The first-order chi connectivity index (χ1) is 32.8. The fourth-order valence-corrected chi connectivity index (χ4v) is 10.4. The molecule has 0 radical (unpaired) electrons. The van der Waals surface area contributed by atoms with E-state index in [1.54, 1.807) is 0 Å². The van der Waals surface area contributed by atoms with Gasteiger partial charge in [-0.25, -0.2) is 24.9 Å². The van der Waals surface area contributed by atoms with E-state index in [0.29, 0.717) is 23.4 Å². The van der Waals surface area contributed by atoms with Crippen molar-refractivity contribution < 1.29 is 0 Å². The Bertz CT molecular complexity index is 3700. The van der Waals surface area contributed by atoms with Gasteiger partial charge in [0.05, 0.1) is 27.7 Å². The Kier molecular flexibility index (Phi) is 8.64. The summed E-state index contributed by atoms with van der Waals surface area (Å²) in [5.41, 5.74) is 13.6. The Morgan fingerprint density at radius 3 is 1.50 bits per heavy atom. The summed E-state index contributed by atoms with van der Waals surface area (Å²) in [6.07, 6.45) is 0. The van der Waals surface area contributed by atoms with Gasteiger partial charge in [-0.15, -0.1) is 0 Å². The van der Waals surface area contributed by atoms with Crippen molar-refractivity contribution in [2.45, 2.75) is 5.41 Å². The molecule has 12 aromatic rings. The second kappa shape index (κ2) is 15.1. The highest BCUT2D eigenvalue weighted by molar-refractivity contribution is 6.21. The number of rotatable bonds is 7. The minimum Gasteiger partial charge on any atom is -0.277 e. The zero-order valence-corrected chi connectivity index (χ0v) is 35.6. The predicted molar refractivity (Wildman–Crippen MR) is 266 cm³/mol. The molecule has 0 N–H and O–H groups in total. The van der Waals surface area contributed by atoms with E-state index >= 15 is 0 Å². The van der Waals surface area contributed by atoms with Crippen LogP contribution in [-0.4, -0.2) is 29.5 Å². The number of hydrogen-bond acceptors (Lipinski definition) is 5. The fourth-order valence-electron chi connectivity index (χ4n) is 10.4. The molecule has 308 valence electrons. The number of para-hydroxylation sites is 2. The maximum Gasteiger partial charge on any atom is 0.235 e. The molecule has 0 bridgehead atoms. The third-order valence-electron chi connectivity index (χ3n) is 13.1. The molecule has 0 amide bonds. The first kappa shape index (κ1) is 37.7. The van der Waals surface area contributed by atoms with Crippen molar-refractivity contribution in [2.75, 3.05) is 0 Å². The summed E-state index contributed by atoms with van der Waals surface area (Å²) >= 11 is 0. The van der Waals surface area contributed by atoms with Crippen LogP contribution in [0.4, 0.5) is 0 Å². The van der Waals surface area contributed by atoms with Crippen molar-refractivity contribution in [1.82, 2.24) is 29.5 Å². The first-order valence-electron chi connectivity index (χ1n) is 22.3. The average molecular weight is 843 g/mol. The Labute approximate surface area is 381 Å². The quantitative estimate of drug-likeness (QED) is 0.160. The van der Waals surface area contributed by atoms with E-state index in [9.17, 15) is 0 Å². The molecule has 1 aliphatic rings. The number of nitrogens with zero attached hydrogens (tertiary/aromatic N) is 6. The van der Waals surface area contributed by atoms with Gasteiger partial charge in [0.15, 0.2) is 17.5 Å². The van der Waals surface area contributed by atoms with Gasteiger partial charge in [0.2, 0.25) is 5.95 Å². The van der Waals surface area contributed by atoms with Crippen molar-refractivity contribution in [3.8, 4) is 62.5 Å². The minimum atomic E-state index is -0.696. The second-order valence-corrected chi connectivity index (χ2v) is 16.7. The molecule has 0 atom stereocenters. The van der Waals surface area contributed by atoms with E-state index in [0.717, 1.165) is 71.8 Å². The van der Waals surface area contributed by atoms with E-state index in [4.69, 9.17) is 24.9 Å². The van der Waals surface area contributed by atoms with Crippen LogP contribution in [0.1, 0.15) is 22.3 Å². The summed E-state index contributed by atoms with van der Waals surface area (Å²) < 4.78 is 2.25. The lowest BCUT2D eigenvalue weighted by Crippen LogP contribution is -2.28. The SMILES string of the molecule is c1ccc(-c2nc(-c3ccccc3)nc(-c3cc4c(c5c6ccccc6n(-c6nc(-c7ccccc7)c7ccccc7n6)c35)-c3ccccc3C4(c3ccccc3)c3ccccc3)n2)cc1. The normalized spacial score (nSPS) is 12.7. The molecule has 9 aromatic carbocycles. The molecule has 6 heteroatoms. The molecule has 0 spiro atoms. The largest absolute Gasteiger partial charge is 0.277 e. The van der Waals surface area contributed by atoms with Crippen LogP contribution >= 0.6 is 0 Å². The van der Waals surface area contributed by atoms with Crippen molar-refractivity contribution in [1.29, 1.82) is 0 Å². The summed E-state index contributed by atoms with van der Waals surface area (Å²) in [7, 11) is 0. The standard InChI is InChI=1S/C60H38N6/c1-6-22-39(23-7-1)54-45-33-17-20-36-50(45)61-59(62-54)66-51-37-21-18-34-46(51)53-52-44-32-16-19-35-48(44)60(42-28-12-4-13-29-42,43-30-14-5-15-31-43)49(52)38-47(55(53)66)58-64-56(40-24-8-2-9-25-40)63-57(65-58)41-26-10-3-11-27-41/h1-38H. The molecule has 6 nitrogen and oxygen atoms in total. The number of benzene rings is 9. The summed E-state index contributed by atoms with van der Waals surface area (Å²) in [5, 5.41) is 3.15. The van der Waals surface area contributed by atoms with Crippen LogP contribution in [0.3, 0.4) is 0 Å². The van der Waals surface area contributed by atoms with Crippen molar-refractivity contribution >= 4 is 32.7 Å². The number of aromatic nitrogens is 6. The van der Waals surface area contributed by atoms with Crippen molar-refractivity contribution in [2.24, 2.45) is 0 Å². The fraction of sp³-hybridized carbons (Fsp3) is 0.0167. The number of fused-ring (bicyclic) bond motifs is 8. The molecule has 1 aliphatic carbocycles. The zero-order chi connectivity index (χ0) is 43.6. The van der Waals surface area contributed by atoms with Crippen molar-refractivity contribution in [3.63, 3.8) is 0 Å². The molecular weight excluding hydrogens is 805 g/mol. The summed E-state index contributed by atoms with van der Waals surface area (Å²) in [4.78, 5) is 27.0. The van der Waals surface area contributed by atoms with Crippen LogP contribution in [0.25, 0.3) is 95.2 Å². The Morgan fingerprint density at radius 1 is 0.364 bits per heavy atom. The van der Waals surface area contributed by atoms with Gasteiger partial charge in [0.25, 0.3) is 0 Å². The van der Waals surface area contributed by atoms with E-state index in [2.05, 4.69) is 187 Å². The third-order valence-corrected chi connectivity index (χ3v) is 13.1. The molecule has 0 unspecified atom stereocenters. The van der Waals surface area contributed by atoms with Gasteiger partial charge in [-0.05, 0) is 51.6 Å². The van der Waals surface area contributed by atoms with Gasteiger partial charge in [0.1, 0.15) is 0 Å². The van der Waals surface area contributed by atoms with Gasteiger partial charge in [-0.3, -0.25) is 4.57 Å². The maximum absolute atomic E-state index is 5.54. The predicted octanol–water partition coefficient (Wildman–Crippen LogP) is 13.9. The zero-order valence-electron chi connectivity index (χ0n) is 35.6. The Balaban J connectivity index is 1.25. The van der Waals surface area contributed by atoms with E-state index < -0.39 is 5.41 Å². The van der Waals surface area contributed by atoms with Gasteiger partial charge >= 0.3 is 0 Å². The molecular formula is C60H38N6. The summed E-state index contributed by atoms with van der Waals surface area (Å²) in [5.74, 6) is 2.29. The van der Waals surface area contributed by atoms with Gasteiger partial charge in [-0.2, -0.15) is 0 Å². The molecule has 0 saturated heterocycles. The van der Waals surface area contributed by atoms with Crippen LogP contribution in [0.15, 0.2) is 231 Å². The van der Waals surface area contributed by atoms with Crippen LogP contribution < -0.4 is 0 Å². The lowest BCUT2D eigenvalue weighted by molar-refractivity contribution is 0.769. The topological polar surface area (TPSA) is 69.4 Å². The molecule has 0 saturated carbocycles. The molecule has 66 heavy (non-hydrogen) atoms. The molecule has 13 rings (SSSR count). The van der Waals surface area contributed by atoms with E-state index in [-0.39, 0.29) is 0 Å². The van der Waals surface area contributed by atoms with Crippen molar-refractivity contribution in [3.05, 3.63) is 253 Å². The first-order valence-corrected chi connectivity index (χ1v) is 22.3. The number of hydrogen-bond donors (Lipinski definition) is 0. The van der Waals surface area contributed by atoms with Gasteiger partial charge in [0, 0.05) is 38.4 Å². The van der Waals surface area contributed by atoms with Crippen LogP contribution in [0, 0.1) is 0 Å². The van der Waals surface area contributed by atoms with Gasteiger partial charge in [-0.1, -0.05) is 212 Å². The van der Waals surface area contributed by atoms with Crippen LogP contribution in [-0.2, 0) is 5.41 Å². The lowest BCUT2D eigenvalue weighted by atomic mass is 9.67. The smallest absolute Gasteiger partial charge is 0.235 e. The van der Waals surface area contributed by atoms with Crippen LogP contribution in [0.2, 0.25) is 0 Å². The monoisotopic (exact) mass is 842 g/mol. The van der Waals surface area contributed by atoms with E-state index in [1.165, 1.54) is 22.3 Å². The van der Waals surface area contributed by atoms with E-state index in [1.807, 2.05) is 48.5 Å². The highest BCUT2D eigenvalue weighted by Crippen LogP contribution is 2.60. The Hall–Kier alpha value is -8.87.